The van der Waals surface area contributed by atoms with Gasteiger partial charge in [-0.2, -0.15) is 0 Å². The van der Waals surface area contributed by atoms with Gasteiger partial charge in [-0.3, -0.25) is 14.9 Å². The molecule has 1 amide bonds. The van der Waals surface area contributed by atoms with Crippen LogP contribution >= 0.6 is 15.9 Å². The molecule has 1 fully saturated rings. The minimum absolute atomic E-state index is 0.0383. The van der Waals surface area contributed by atoms with Crippen LogP contribution in [0.4, 0.5) is 5.69 Å². The Morgan fingerprint density at radius 2 is 2.30 bits per heavy atom. The minimum Gasteiger partial charge on any atom is -0.349 e. The van der Waals surface area contributed by atoms with E-state index in [1.54, 1.807) is 0 Å². The Morgan fingerprint density at radius 3 is 2.90 bits per heavy atom. The second kappa shape index (κ2) is 6.32. The van der Waals surface area contributed by atoms with E-state index in [1.807, 2.05) is 0 Å². The van der Waals surface area contributed by atoms with Crippen molar-refractivity contribution in [1.82, 2.24) is 10.6 Å². The molecule has 7 heteroatoms. The normalized spacial score (nSPS) is 22.3. The number of benzene rings is 1. The monoisotopic (exact) mass is 341 g/mol. The number of hydrogen-bond donors (Lipinski definition) is 2. The fraction of sp³-hybridized carbons (Fsp3) is 0.462. The van der Waals surface area contributed by atoms with Crippen molar-refractivity contribution >= 4 is 27.5 Å². The minimum atomic E-state index is -0.485. The molecule has 0 aliphatic carbocycles. The third-order valence-electron chi connectivity index (χ3n) is 3.51. The van der Waals surface area contributed by atoms with Crippen LogP contribution in [0.2, 0.25) is 0 Å². The molecule has 1 aliphatic heterocycles. The quantitative estimate of drug-likeness (QED) is 0.651. The molecule has 1 saturated heterocycles. The van der Waals surface area contributed by atoms with Crippen molar-refractivity contribution in [2.75, 3.05) is 13.1 Å². The molecule has 1 aromatic rings. The molecule has 0 spiro atoms. The number of nitrogens with one attached hydrogen (secondary N) is 2. The summed E-state index contributed by atoms with van der Waals surface area (Å²) < 4.78 is 0.436. The summed E-state index contributed by atoms with van der Waals surface area (Å²) in [7, 11) is 0. The maximum Gasteiger partial charge on any atom is 0.270 e. The summed E-state index contributed by atoms with van der Waals surface area (Å²) in [5, 5.41) is 16.9. The second-order valence-corrected chi connectivity index (χ2v) is 5.83. The average molecular weight is 342 g/mol. The number of halogens is 1. The predicted molar refractivity (Wildman–Crippen MR) is 78.7 cm³/mol. The van der Waals surface area contributed by atoms with Gasteiger partial charge in [-0.25, -0.2) is 0 Å². The second-order valence-electron chi connectivity index (χ2n) is 4.97. The van der Waals surface area contributed by atoms with Crippen molar-refractivity contribution in [3.05, 3.63) is 38.3 Å². The Hall–Kier alpha value is -1.47. The number of rotatable bonds is 3. The van der Waals surface area contributed by atoms with Crippen molar-refractivity contribution in [3.8, 4) is 0 Å². The lowest BCUT2D eigenvalue weighted by atomic mass is 9.95. The standard InChI is InChI=1S/C13H16BrN3O3/c1-8-7-15-5-4-12(8)16-13(18)10-3-2-9(17(19)20)6-11(10)14/h2-3,6,8,12,15H,4-5,7H2,1H3,(H,16,18). The molecular weight excluding hydrogens is 326 g/mol. The van der Waals surface area contributed by atoms with Gasteiger partial charge >= 0.3 is 0 Å². The van der Waals surface area contributed by atoms with E-state index >= 15 is 0 Å². The summed E-state index contributed by atoms with van der Waals surface area (Å²) in [6.07, 6.45) is 0.886. The van der Waals surface area contributed by atoms with Crippen molar-refractivity contribution in [2.45, 2.75) is 19.4 Å². The summed E-state index contributed by atoms with van der Waals surface area (Å²) >= 11 is 3.22. The number of nitro benzene ring substituents is 1. The average Bonchev–Trinajstić information content (AvgIpc) is 2.41. The predicted octanol–water partition coefficient (Wildman–Crippen LogP) is 2.09. The Morgan fingerprint density at radius 1 is 1.55 bits per heavy atom. The smallest absolute Gasteiger partial charge is 0.270 e. The van der Waals surface area contributed by atoms with Crippen LogP contribution in [-0.4, -0.2) is 30.0 Å². The number of piperidine rings is 1. The van der Waals surface area contributed by atoms with Gasteiger partial charge in [-0.1, -0.05) is 6.92 Å². The van der Waals surface area contributed by atoms with Crippen LogP contribution in [0.25, 0.3) is 0 Å². The summed E-state index contributed by atoms with van der Waals surface area (Å²) in [4.78, 5) is 22.4. The number of carbonyl (C=O) groups is 1. The van der Waals surface area contributed by atoms with Gasteiger partial charge in [0.2, 0.25) is 0 Å². The van der Waals surface area contributed by atoms with E-state index in [4.69, 9.17) is 0 Å². The van der Waals surface area contributed by atoms with Gasteiger partial charge < -0.3 is 10.6 Å². The fourth-order valence-electron chi connectivity index (χ4n) is 2.28. The van der Waals surface area contributed by atoms with Gasteiger partial charge in [-0.05, 0) is 47.4 Å². The van der Waals surface area contributed by atoms with Crippen LogP contribution in [0.1, 0.15) is 23.7 Å². The molecule has 2 N–H and O–H groups in total. The fourth-order valence-corrected chi connectivity index (χ4v) is 2.82. The van der Waals surface area contributed by atoms with Gasteiger partial charge in [0, 0.05) is 22.6 Å². The van der Waals surface area contributed by atoms with Crippen LogP contribution in [0.3, 0.4) is 0 Å². The summed E-state index contributed by atoms with van der Waals surface area (Å²) in [6, 6.07) is 4.29. The van der Waals surface area contributed by atoms with Crippen LogP contribution in [0.15, 0.2) is 22.7 Å². The van der Waals surface area contributed by atoms with Crippen LogP contribution < -0.4 is 10.6 Å². The lowest BCUT2D eigenvalue weighted by Gasteiger charge is -2.30. The molecule has 20 heavy (non-hydrogen) atoms. The molecule has 1 heterocycles. The highest BCUT2D eigenvalue weighted by molar-refractivity contribution is 9.10. The maximum absolute atomic E-state index is 12.2. The summed E-state index contributed by atoms with van der Waals surface area (Å²) in [6.45, 7) is 3.85. The molecule has 6 nitrogen and oxygen atoms in total. The van der Waals surface area contributed by atoms with E-state index in [1.165, 1.54) is 18.2 Å². The first kappa shape index (κ1) is 14.9. The molecule has 1 aliphatic rings. The van der Waals surface area contributed by atoms with Gasteiger partial charge in [0.05, 0.1) is 10.5 Å². The van der Waals surface area contributed by atoms with E-state index in [0.29, 0.717) is 16.0 Å². The zero-order valence-corrected chi connectivity index (χ0v) is 12.6. The topological polar surface area (TPSA) is 84.3 Å². The van der Waals surface area contributed by atoms with E-state index in [-0.39, 0.29) is 17.6 Å². The van der Waals surface area contributed by atoms with Crippen molar-refractivity contribution in [2.24, 2.45) is 5.92 Å². The lowest BCUT2D eigenvalue weighted by Crippen LogP contribution is -2.48. The molecule has 2 unspecified atom stereocenters. The van der Waals surface area contributed by atoms with Crippen LogP contribution in [0.5, 0.6) is 0 Å². The summed E-state index contributed by atoms with van der Waals surface area (Å²) in [5.74, 6) is 0.162. The van der Waals surface area contributed by atoms with Crippen molar-refractivity contribution in [1.29, 1.82) is 0 Å². The molecule has 2 rings (SSSR count). The first-order chi connectivity index (χ1) is 9.49. The van der Waals surface area contributed by atoms with E-state index in [2.05, 4.69) is 33.5 Å². The van der Waals surface area contributed by atoms with Gasteiger partial charge in [0.15, 0.2) is 0 Å². The number of non-ortho nitro benzene ring substituents is 1. The van der Waals surface area contributed by atoms with Crippen molar-refractivity contribution < 1.29 is 9.72 Å². The van der Waals surface area contributed by atoms with Gasteiger partial charge in [0.25, 0.3) is 11.6 Å². The number of hydrogen-bond acceptors (Lipinski definition) is 4. The molecule has 2 atom stereocenters. The van der Waals surface area contributed by atoms with Crippen molar-refractivity contribution in [3.63, 3.8) is 0 Å². The third-order valence-corrected chi connectivity index (χ3v) is 4.17. The molecule has 1 aromatic carbocycles. The SMILES string of the molecule is CC1CNCCC1NC(=O)c1ccc([N+](=O)[O-])cc1Br. The summed E-state index contributed by atoms with van der Waals surface area (Å²) in [5.41, 5.74) is 0.380. The van der Waals surface area contributed by atoms with E-state index in [0.717, 1.165) is 19.5 Å². The first-order valence-corrected chi connectivity index (χ1v) is 7.24. The van der Waals surface area contributed by atoms with E-state index in [9.17, 15) is 14.9 Å². The Bertz CT molecular complexity index is 536. The molecular formula is C13H16BrN3O3. The lowest BCUT2D eigenvalue weighted by molar-refractivity contribution is -0.384. The zero-order chi connectivity index (χ0) is 14.7. The molecule has 0 aromatic heterocycles. The van der Waals surface area contributed by atoms with Crippen LogP contribution in [-0.2, 0) is 0 Å². The molecule has 108 valence electrons. The van der Waals surface area contributed by atoms with Gasteiger partial charge in [-0.15, -0.1) is 0 Å². The van der Waals surface area contributed by atoms with Gasteiger partial charge in [0.1, 0.15) is 0 Å². The highest BCUT2D eigenvalue weighted by atomic mass is 79.9. The highest BCUT2D eigenvalue weighted by Crippen LogP contribution is 2.23. The number of nitrogens with zero attached hydrogens (tertiary/aromatic N) is 1. The Balaban J connectivity index is 2.11. The number of amides is 1. The zero-order valence-electron chi connectivity index (χ0n) is 11.1. The Kier molecular flexibility index (Phi) is 4.72. The molecule has 0 saturated carbocycles. The third kappa shape index (κ3) is 3.34. The Labute approximate surface area is 125 Å². The number of carbonyl (C=O) groups excluding carboxylic acids is 1. The van der Waals surface area contributed by atoms with Crippen LogP contribution in [0, 0.1) is 16.0 Å². The highest BCUT2D eigenvalue weighted by Gasteiger charge is 2.24. The number of nitro groups is 1. The molecule has 0 bridgehead atoms. The largest absolute Gasteiger partial charge is 0.349 e. The maximum atomic E-state index is 12.2. The molecule has 0 radical (unpaired) electrons. The van der Waals surface area contributed by atoms with E-state index < -0.39 is 4.92 Å². The first-order valence-electron chi connectivity index (χ1n) is 6.44.